The van der Waals surface area contributed by atoms with Gasteiger partial charge in [0.2, 0.25) is 0 Å². The Balaban J connectivity index is 1.75. The molecule has 7 heteroatoms. The maximum absolute atomic E-state index is 11.2. The van der Waals surface area contributed by atoms with Crippen molar-refractivity contribution in [3.8, 4) is 11.5 Å². The molecule has 1 aromatic heterocycles. The summed E-state index contributed by atoms with van der Waals surface area (Å²) in [6.45, 7) is 1.06. The first-order valence-corrected chi connectivity index (χ1v) is 7.40. The summed E-state index contributed by atoms with van der Waals surface area (Å²) in [7, 11) is 0. The predicted octanol–water partition coefficient (Wildman–Crippen LogP) is 3.66. The summed E-state index contributed by atoms with van der Waals surface area (Å²) in [4.78, 5) is 14.8. The van der Waals surface area contributed by atoms with Gasteiger partial charge in [-0.2, -0.15) is 0 Å². The van der Waals surface area contributed by atoms with Gasteiger partial charge < -0.3 is 14.8 Å². The first-order chi connectivity index (χ1) is 11.7. The molecule has 120 valence electrons. The van der Waals surface area contributed by atoms with Crippen LogP contribution < -0.4 is 14.8 Å². The molecule has 0 bridgehead atoms. The average Bonchev–Trinajstić information content (AvgIpc) is 2.61. The molecule has 24 heavy (non-hydrogen) atoms. The van der Waals surface area contributed by atoms with E-state index in [1.807, 2.05) is 18.2 Å². The fraction of sp³-hybridized carbons (Fsp3) is 0.118. The van der Waals surface area contributed by atoms with Crippen LogP contribution in [-0.2, 0) is 0 Å². The molecule has 0 saturated heterocycles. The maximum Gasteiger partial charge on any atom is 0.278 e. The van der Waals surface area contributed by atoms with E-state index in [1.165, 1.54) is 12.3 Å². The van der Waals surface area contributed by atoms with Crippen molar-refractivity contribution in [2.75, 3.05) is 18.5 Å². The minimum Gasteiger partial charge on any atom is -0.486 e. The number of pyridine rings is 1. The van der Waals surface area contributed by atoms with E-state index in [4.69, 9.17) is 9.47 Å². The summed E-state index contributed by atoms with van der Waals surface area (Å²) < 4.78 is 11.1. The van der Waals surface area contributed by atoms with Crippen LogP contribution in [0.2, 0.25) is 0 Å². The third-order valence-corrected chi connectivity index (χ3v) is 3.81. The van der Waals surface area contributed by atoms with Gasteiger partial charge in [-0.05, 0) is 24.3 Å². The van der Waals surface area contributed by atoms with Crippen LogP contribution in [0.15, 0.2) is 48.8 Å². The second-order valence-electron chi connectivity index (χ2n) is 5.29. The zero-order valence-electron chi connectivity index (χ0n) is 12.6. The number of nitrogens with one attached hydrogen (secondary N) is 1. The van der Waals surface area contributed by atoms with Gasteiger partial charge in [0.1, 0.15) is 13.2 Å². The number of hydrogen-bond donors (Lipinski definition) is 1. The van der Waals surface area contributed by atoms with Gasteiger partial charge in [0.25, 0.3) is 5.69 Å². The van der Waals surface area contributed by atoms with Crippen LogP contribution in [0.25, 0.3) is 10.8 Å². The van der Waals surface area contributed by atoms with Gasteiger partial charge in [-0.25, -0.2) is 0 Å². The second kappa shape index (κ2) is 5.69. The number of rotatable bonds is 3. The molecule has 0 saturated carbocycles. The standard InChI is InChI=1S/C17H13N3O4/c21-20(22)15-3-2-14(12-5-6-18-10-13(12)15)19-11-1-4-16-17(9-11)24-8-7-23-16/h1-6,9-10,19H,7-8H2. The molecule has 1 N–H and O–H groups in total. The highest BCUT2D eigenvalue weighted by atomic mass is 16.6. The highest BCUT2D eigenvalue weighted by molar-refractivity contribution is 6.00. The molecule has 0 spiro atoms. The lowest BCUT2D eigenvalue weighted by atomic mass is 10.1. The molecule has 2 heterocycles. The Bertz CT molecular complexity index is 942. The monoisotopic (exact) mass is 323 g/mol. The summed E-state index contributed by atoms with van der Waals surface area (Å²) in [5, 5.41) is 15.7. The normalized spacial score (nSPS) is 12.8. The van der Waals surface area contributed by atoms with Gasteiger partial charge in [-0.15, -0.1) is 0 Å². The van der Waals surface area contributed by atoms with Crippen molar-refractivity contribution in [1.29, 1.82) is 0 Å². The van der Waals surface area contributed by atoms with E-state index in [1.54, 1.807) is 18.3 Å². The van der Waals surface area contributed by atoms with Crippen LogP contribution in [0.4, 0.5) is 17.1 Å². The summed E-state index contributed by atoms with van der Waals surface area (Å²) in [5.41, 5.74) is 1.60. The highest BCUT2D eigenvalue weighted by Crippen LogP contribution is 2.36. The van der Waals surface area contributed by atoms with Crippen molar-refractivity contribution in [3.63, 3.8) is 0 Å². The van der Waals surface area contributed by atoms with Crippen LogP contribution in [-0.4, -0.2) is 23.1 Å². The lowest BCUT2D eigenvalue weighted by Crippen LogP contribution is -2.15. The van der Waals surface area contributed by atoms with Crippen LogP contribution in [0, 0.1) is 10.1 Å². The van der Waals surface area contributed by atoms with E-state index in [9.17, 15) is 10.1 Å². The Morgan fingerprint density at radius 3 is 2.71 bits per heavy atom. The van der Waals surface area contributed by atoms with Crippen molar-refractivity contribution in [2.24, 2.45) is 0 Å². The summed E-state index contributed by atoms with van der Waals surface area (Å²) in [5.74, 6) is 1.39. The molecule has 2 aromatic carbocycles. The smallest absolute Gasteiger partial charge is 0.278 e. The first kappa shape index (κ1) is 14.3. The molecule has 0 unspecified atom stereocenters. The number of nitro benzene ring substituents is 1. The van der Waals surface area contributed by atoms with Crippen molar-refractivity contribution >= 4 is 27.8 Å². The molecule has 1 aliphatic rings. The molecule has 0 aliphatic carbocycles. The summed E-state index contributed by atoms with van der Waals surface area (Å²) >= 11 is 0. The Hall–Kier alpha value is -3.35. The quantitative estimate of drug-likeness (QED) is 0.585. The number of aromatic nitrogens is 1. The van der Waals surface area contributed by atoms with Gasteiger partial charge in [0.05, 0.1) is 10.3 Å². The lowest BCUT2D eigenvalue weighted by Gasteiger charge is -2.19. The first-order valence-electron chi connectivity index (χ1n) is 7.40. The molecule has 0 fully saturated rings. The minimum atomic E-state index is -0.405. The molecular formula is C17H13N3O4. The second-order valence-corrected chi connectivity index (χ2v) is 5.29. The van der Waals surface area contributed by atoms with Gasteiger partial charge in [-0.1, -0.05) is 0 Å². The SMILES string of the molecule is O=[N+]([O-])c1ccc(Nc2ccc3c(c2)OCCO3)c2ccncc12. The number of ether oxygens (including phenoxy) is 2. The zero-order valence-corrected chi connectivity index (χ0v) is 12.6. The largest absolute Gasteiger partial charge is 0.486 e. The Labute approximate surface area is 137 Å². The summed E-state index contributed by atoms with van der Waals surface area (Å²) in [6, 6.07) is 10.5. The van der Waals surface area contributed by atoms with Gasteiger partial charge in [0, 0.05) is 41.3 Å². The molecule has 7 nitrogen and oxygen atoms in total. The predicted molar refractivity (Wildman–Crippen MR) is 89.1 cm³/mol. The Morgan fingerprint density at radius 1 is 1.04 bits per heavy atom. The molecule has 3 aromatic rings. The van der Waals surface area contributed by atoms with Crippen molar-refractivity contribution < 1.29 is 14.4 Å². The molecular weight excluding hydrogens is 310 g/mol. The van der Waals surface area contributed by atoms with Crippen molar-refractivity contribution in [2.45, 2.75) is 0 Å². The van der Waals surface area contributed by atoms with Crippen molar-refractivity contribution in [3.05, 3.63) is 58.9 Å². The number of anilines is 2. The minimum absolute atomic E-state index is 0.0332. The number of nitro groups is 1. The molecule has 0 amide bonds. The lowest BCUT2D eigenvalue weighted by molar-refractivity contribution is -0.383. The summed E-state index contributed by atoms with van der Waals surface area (Å²) in [6.07, 6.45) is 3.11. The molecule has 4 rings (SSSR count). The van der Waals surface area contributed by atoms with Gasteiger partial charge in [0.15, 0.2) is 11.5 Å². The number of nitrogens with zero attached hydrogens (tertiary/aromatic N) is 2. The van der Waals surface area contributed by atoms with Gasteiger partial charge >= 0.3 is 0 Å². The van der Waals surface area contributed by atoms with Gasteiger partial charge in [-0.3, -0.25) is 15.1 Å². The highest BCUT2D eigenvalue weighted by Gasteiger charge is 2.16. The van der Waals surface area contributed by atoms with E-state index < -0.39 is 4.92 Å². The maximum atomic E-state index is 11.2. The van der Waals surface area contributed by atoms with E-state index in [0.29, 0.717) is 30.1 Å². The Kier molecular flexibility index (Phi) is 3.38. The van der Waals surface area contributed by atoms with Crippen LogP contribution in [0.3, 0.4) is 0 Å². The van der Waals surface area contributed by atoms with Crippen LogP contribution >= 0.6 is 0 Å². The third kappa shape index (κ3) is 2.45. The van der Waals surface area contributed by atoms with E-state index in [-0.39, 0.29) is 5.69 Å². The Morgan fingerprint density at radius 2 is 1.88 bits per heavy atom. The number of hydrogen-bond acceptors (Lipinski definition) is 6. The van der Waals surface area contributed by atoms with Crippen LogP contribution in [0.1, 0.15) is 0 Å². The van der Waals surface area contributed by atoms with E-state index in [0.717, 1.165) is 16.8 Å². The average molecular weight is 323 g/mol. The zero-order chi connectivity index (χ0) is 16.5. The van der Waals surface area contributed by atoms with Crippen LogP contribution in [0.5, 0.6) is 11.5 Å². The fourth-order valence-electron chi connectivity index (χ4n) is 2.72. The topological polar surface area (TPSA) is 86.5 Å². The fourth-order valence-corrected chi connectivity index (χ4v) is 2.72. The van der Waals surface area contributed by atoms with Crippen molar-refractivity contribution in [1.82, 2.24) is 4.98 Å². The number of fused-ring (bicyclic) bond motifs is 2. The van der Waals surface area contributed by atoms with E-state index in [2.05, 4.69) is 10.3 Å². The number of benzene rings is 2. The third-order valence-electron chi connectivity index (χ3n) is 3.81. The molecule has 1 aliphatic heterocycles. The van der Waals surface area contributed by atoms with E-state index >= 15 is 0 Å². The molecule has 0 radical (unpaired) electrons. The number of non-ortho nitro benzene ring substituents is 1. The molecule has 0 atom stereocenters.